The Hall–Kier alpha value is -3.61. The number of carbonyl (C=O) groups excluding carboxylic acids is 2. The molecule has 0 unspecified atom stereocenters. The van der Waals surface area contributed by atoms with Crippen LogP contribution in [0.5, 0.6) is 0 Å². The van der Waals surface area contributed by atoms with Crippen LogP contribution in [0.1, 0.15) is 22.2 Å². The third-order valence-corrected chi connectivity index (χ3v) is 7.80. The number of hydrogen-bond acceptors (Lipinski definition) is 8. The number of furan rings is 1. The van der Waals surface area contributed by atoms with E-state index in [9.17, 15) is 18.0 Å². The smallest absolute Gasteiger partial charge is 0.289 e. The second kappa shape index (κ2) is 9.56. The molecule has 1 aliphatic heterocycles. The van der Waals surface area contributed by atoms with E-state index in [1.165, 1.54) is 12.3 Å². The summed E-state index contributed by atoms with van der Waals surface area (Å²) in [5.74, 6) is -0.397. The molecular formula is C23H21N5O5S2. The monoisotopic (exact) mass is 511 g/mol. The van der Waals surface area contributed by atoms with Crippen molar-refractivity contribution >= 4 is 44.6 Å². The predicted octanol–water partition coefficient (Wildman–Crippen LogP) is 2.29. The maximum Gasteiger partial charge on any atom is 0.289 e. The highest BCUT2D eigenvalue weighted by atomic mass is 32.2. The van der Waals surface area contributed by atoms with Crippen molar-refractivity contribution < 1.29 is 22.4 Å². The van der Waals surface area contributed by atoms with E-state index in [1.807, 2.05) is 0 Å². The summed E-state index contributed by atoms with van der Waals surface area (Å²) in [5, 5.41) is 0. The Bertz CT molecular complexity index is 1450. The Morgan fingerprint density at radius 3 is 2.37 bits per heavy atom. The standard InChI is InChI=1S/C23H21N5O5S2/c29-22(18-9-5-15-33-18)27-11-13-28(14-12-27)23(30)20(16-6-2-1-3-7-16)26-35(31,32)19-10-4-8-17-21(19)25-34-24-17/h1-10,15,20,26H,11-14H2/t20-/m1/s1. The molecule has 10 nitrogen and oxygen atoms in total. The van der Waals surface area contributed by atoms with Gasteiger partial charge in [0.1, 0.15) is 22.0 Å². The lowest BCUT2D eigenvalue weighted by molar-refractivity contribution is -0.134. The number of sulfonamides is 1. The molecule has 2 aromatic heterocycles. The van der Waals surface area contributed by atoms with Crippen LogP contribution in [0.3, 0.4) is 0 Å². The van der Waals surface area contributed by atoms with Crippen molar-refractivity contribution in [3.05, 3.63) is 78.3 Å². The van der Waals surface area contributed by atoms with Crippen LogP contribution in [0.4, 0.5) is 0 Å². The molecule has 0 bridgehead atoms. The zero-order valence-corrected chi connectivity index (χ0v) is 20.0. The van der Waals surface area contributed by atoms with Gasteiger partial charge in [-0.1, -0.05) is 36.4 Å². The van der Waals surface area contributed by atoms with E-state index < -0.39 is 22.0 Å². The summed E-state index contributed by atoms with van der Waals surface area (Å²) in [6.07, 6.45) is 1.44. The number of hydrogen-bond donors (Lipinski definition) is 1. The molecule has 0 aliphatic carbocycles. The molecule has 180 valence electrons. The van der Waals surface area contributed by atoms with Gasteiger partial charge in [0.2, 0.25) is 15.9 Å². The highest BCUT2D eigenvalue weighted by Gasteiger charge is 2.34. The second-order valence-corrected chi connectivity index (χ2v) is 10.2. The van der Waals surface area contributed by atoms with Gasteiger partial charge in [-0.25, -0.2) is 8.42 Å². The van der Waals surface area contributed by atoms with Crippen LogP contribution in [0.2, 0.25) is 0 Å². The minimum absolute atomic E-state index is 0.0358. The number of carbonyl (C=O) groups is 2. The lowest BCUT2D eigenvalue weighted by atomic mass is 10.1. The Kier molecular flexibility index (Phi) is 6.32. The van der Waals surface area contributed by atoms with Gasteiger partial charge in [0, 0.05) is 26.2 Å². The van der Waals surface area contributed by atoms with E-state index in [0.29, 0.717) is 24.2 Å². The predicted molar refractivity (Wildman–Crippen MR) is 128 cm³/mol. The van der Waals surface area contributed by atoms with E-state index in [1.54, 1.807) is 64.4 Å². The van der Waals surface area contributed by atoms with Gasteiger partial charge in [-0.2, -0.15) is 13.5 Å². The molecular weight excluding hydrogens is 490 g/mol. The summed E-state index contributed by atoms with van der Waals surface area (Å²) in [7, 11) is -4.11. The fraction of sp³-hybridized carbons (Fsp3) is 0.217. The van der Waals surface area contributed by atoms with E-state index in [4.69, 9.17) is 4.42 Å². The quantitative estimate of drug-likeness (QED) is 0.421. The first-order valence-corrected chi connectivity index (χ1v) is 13.1. The fourth-order valence-corrected chi connectivity index (χ4v) is 5.94. The maximum atomic E-state index is 13.6. The molecule has 35 heavy (non-hydrogen) atoms. The van der Waals surface area contributed by atoms with Gasteiger partial charge in [0.25, 0.3) is 5.91 Å². The molecule has 1 atom stereocenters. The van der Waals surface area contributed by atoms with Crippen LogP contribution in [0.15, 0.2) is 76.2 Å². The summed E-state index contributed by atoms with van der Waals surface area (Å²) in [6.45, 7) is 1.15. The Morgan fingerprint density at radius 2 is 1.66 bits per heavy atom. The van der Waals surface area contributed by atoms with E-state index >= 15 is 0 Å². The van der Waals surface area contributed by atoms with Gasteiger partial charge in [-0.05, 0) is 29.8 Å². The summed E-state index contributed by atoms with van der Waals surface area (Å²) in [4.78, 5) is 29.3. The molecule has 3 heterocycles. The molecule has 1 N–H and O–H groups in total. The minimum Gasteiger partial charge on any atom is -0.459 e. The highest BCUT2D eigenvalue weighted by molar-refractivity contribution is 7.89. The first-order chi connectivity index (χ1) is 16.9. The number of piperazine rings is 1. The molecule has 1 saturated heterocycles. The van der Waals surface area contributed by atoms with Crippen LogP contribution in [-0.2, 0) is 14.8 Å². The third-order valence-electron chi connectivity index (χ3n) is 5.80. The summed E-state index contributed by atoms with van der Waals surface area (Å²) in [5.41, 5.74) is 1.24. The number of benzene rings is 2. The highest BCUT2D eigenvalue weighted by Crippen LogP contribution is 2.25. The van der Waals surface area contributed by atoms with Crippen molar-refractivity contribution in [2.75, 3.05) is 26.2 Å². The molecule has 5 rings (SSSR count). The van der Waals surface area contributed by atoms with Crippen LogP contribution in [0, 0.1) is 0 Å². The molecule has 1 aliphatic rings. The molecule has 0 saturated carbocycles. The van der Waals surface area contributed by atoms with Crippen LogP contribution < -0.4 is 4.72 Å². The molecule has 0 radical (unpaired) electrons. The lowest BCUT2D eigenvalue weighted by Gasteiger charge is -2.36. The van der Waals surface area contributed by atoms with E-state index in [0.717, 1.165) is 11.7 Å². The summed E-state index contributed by atoms with van der Waals surface area (Å²) >= 11 is 0.923. The second-order valence-electron chi connectivity index (χ2n) is 7.95. The summed E-state index contributed by atoms with van der Waals surface area (Å²) < 4.78 is 42.7. The molecule has 12 heteroatoms. The number of aromatic nitrogens is 2. The van der Waals surface area contributed by atoms with Gasteiger partial charge in [-0.15, -0.1) is 0 Å². The number of fused-ring (bicyclic) bond motifs is 1. The van der Waals surface area contributed by atoms with E-state index in [-0.39, 0.29) is 35.2 Å². The SMILES string of the molecule is O=C(c1ccco1)N1CCN(C(=O)[C@H](NS(=O)(=O)c2cccc3nsnc23)c2ccccc2)CC1. The zero-order chi connectivity index (χ0) is 24.4. The van der Waals surface area contributed by atoms with Crippen molar-refractivity contribution in [3.8, 4) is 0 Å². The topological polar surface area (TPSA) is 126 Å². The normalized spacial score (nSPS) is 15.3. The van der Waals surface area contributed by atoms with Crippen molar-refractivity contribution in [1.82, 2.24) is 23.3 Å². The van der Waals surface area contributed by atoms with Crippen molar-refractivity contribution in [1.29, 1.82) is 0 Å². The third kappa shape index (κ3) is 4.67. The van der Waals surface area contributed by atoms with Gasteiger partial charge >= 0.3 is 0 Å². The van der Waals surface area contributed by atoms with Gasteiger partial charge in [0.05, 0.1) is 18.0 Å². The number of nitrogens with zero attached hydrogens (tertiary/aromatic N) is 4. The number of nitrogens with one attached hydrogen (secondary N) is 1. The first-order valence-electron chi connectivity index (χ1n) is 10.8. The Labute approximate surface area is 205 Å². The van der Waals surface area contributed by atoms with Gasteiger partial charge < -0.3 is 14.2 Å². The molecule has 4 aromatic rings. The zero-order valence-electron chi connectivity index (χ0n) is 18.4. The molecule has 0 spiro atoms. The molecule has 1 fully saturated rings. The number of amides is 2. The maximum absolute atomic E-state index is 13.6. The fourth-order valence-electron chi connectivity index (χ4n) is 3.99. The molecule has 2 aromatic carbocycles. The van der Waals surface area contributed by atoms with Crippen LogP contribution in [0.25, 0.3) is 11.0 Å². The van der Waals surface area contributed by atoms with Gasteiger partial charge in [0.15, 0.2) is 5.76 Å². The lowest BCUT2D eigenvalue weighted by Crippen LogP contribution is -2.53. The van der Waals surface area contributed by atoms with Crippen LogP contribution >= 0.6 is 11.7 Å². The Morgan fingerprint density at radius 1 is 0.914 bits per heavy atom. The van der Waals surface area contributed by atoms with Crippen molar-refractivity contribution in [2.45, 2.75) is 10.9 Å². The largest absolute Gasteiger partial charge is 0.459 e. The average molecular weight is 512 g/mol. The molecule has 2 amide bonds. The van der Waals surface area contributed by atoms with Gasteiger partial charge in [-0.3, -0.25) is 9.59 Å². The minimum atomic E-state index is -4.11. The number of rotatable bonds is 6. The first kappa shape index (κ1) is 23.1. The van der Waals surface area contributed by atoms with Crippen molar-refractivity contribution in [3.63, 3.8) is 0 Å². The van der Waals surface area contributed by atoms with Crippen LogP contribution in [-0.4, -0.2) is 65.0 Å². The van der Waals surface area contributed by atoms with E-state index in [2.05, 4.69) is 13.5 Å². The van der Waals surface area contributed by atoms with Crippen molar-refractivity contribution in [2.24, 2.45) is 0 Å². The summed E-state index contributed by atoms with van der Waals surface area (Å²) in [6, 6.07) is 15.5. The average Bonchev–Trinajstić information content (AvgIpc) is 3.59. The Balaban J connectivity index is 1.38.